The van der Waals surface area contributed by atoms with Crippen LogP contribution in [0.5, 0.6) is 0 Å². The lowest BCUT2D eigenvalue weighted by Crippen LogP contribution is -2.18. The van der Waals surface area contributed by atoms with Crippen molar-refractivity contribution in [2.45, 2.75) is 13.8 Å². The third-order valence-electron chi connectivity index (χ3n) is 2.09. The van der Waals surface area contributed by atoms with Crippen LogP contribution < -0.4 is 5.32 Å². The van der Waals surface area contributed by atoms with Gasteiger partial charge >= 0.3 is 0 Å². The molecule has 1 N–H and O–H groups in total. The van der Waals surface area contributed by atoms with Gasteiger partial charge in [-0.15, -0.1) is 0 Å². The maximum absolute atomic E-state index is 4.21. The fourth-order valence-electron chi connectivity index (χ4n) is 1.44. The molecule has 1 aliphatic heterocycles. The molecule has 1 rings (SSSR count). The molecule has 0 unspecified atom stereocenters. The van der Waals surface area contributed by atoms with E-state index in [-0.39, 0.29) is 0 Å². The van der Waals surface area contributed by atoms with E-state index >= 15 is 0 Å². The van der Waals surface area contributed by atoms with E-state index in [1.807, 2.05) is 12.2 Å². The zero-order valence-corrected chi connectivity index (χ0v) is 8.75. The highest BCUT2D eigenvalue weighted by Crippen LogP contribution is 2.20. The minimum atomic E-state index is 0.446. The van der Waals surface area contributed by atoms with Gasteiger partial charge in [0.1, 0.15) is 5.84 Å². The van der Waals surface area contributed by atoms with Gasteiger partial charge in [0.2, 0.25) is 0 Å². The highest BCUT2D eigenvalue weighted by Gasteiger charge is 2.13. The largest absolute Gasteiger partial charge is 0.347 e. The molecule has 14 heavy (non-hydrogen) atoms. The van der Waals surface area contributed by atoms with E-state index in [0.717, 1.165) is 11.4 Å². The van der Waals surface area contributed by atoms with Crippen LogP contribution in [-0.2, 0) is 0 Å². The van der Waals surface area contributed by atoms with E-state index in [9.17, 15) is 0 Å². The van der Waals surface area contributed by atoms with Gasteiger partial charge in [-0.25, -0.2) is 4.99 Å². The molecule has 0 aromatic heterocycles. The van der Waals surface area contributed by atoms with Crippen LogP contribution in [0.4, 0.5) is 0 Å². The molecule has 0 atom stereocenters. The first kappa shape index (κ1) is 10.5. The third kappa shape index (κ3) is 2.02. The molecule has 0 spiro atoms. The zero-order valence-electron chi connectivity index (χ0n) is 8.75. The summed E-state index contributed by atoms with van der Waals surface area (Å²) in [5, 5.41) is 3.01. The Labute approximate surface area is 85.4 Å². The van der Waals surface area contributed by atoms with E-state index in [1.165, 1.54) is 5.57 Å². The molecule has 0 aromatic rings. The number of hydrogen-bond donors (Lipinski definition) is 1. The first-order valence-corrected chi connectivity index (χ1v) is 4.69. The number of allylic oxidation sites excluding steroid dienone is 2. The lowest BCUT2D eigenvalue weighted by Gasteiger charge is -2.11. The highest BCUT2D eigenvalue weighted by atomic mass is 15.0. The second-order valence-corrected chi connectivity index (χ2v) is 3.37. The van der Waals surface area contributed by atoms with Crippen LogP contribution in [0.15, 0.2) is 53.8 Å². The number of nitrogens with zero attached hydrogens (tertiary/aromatic N) is 1. The minimum absolute atomic E-state index is 0.446. The molecule has 0 saturated heterocycles. The summed E-state index contributed by atoms with van der Waals surface area (Å²) in [5.41, 5.74) is 2.31. The number of aliphatic imine (C=N–C) groups is 1. The highest BCUT2D eigenvalue weighted by molar-refractivity contribution is 6.04. The number of rotatable bonds is 3. The van der Waals surface area contributed by atoms with Gasteiger partial charge in [-0.2, -0.15) is 0 Å². The van der Waals surface area contributed by atoms with Crippen molar-refractivity contribution in [1.82, 2.24) is 5.32 Å². The van der Waals surface area contributed by atoms with E-state index in [1.54, 1.807) is 12.4 Å². The Hall–Kier alpha value is -1.57. The molecule has 2 heteroatoms. The van der Waals surface area contributed by atoms with Gasteiger partial charge in [0.25, 0.3) is 0 Å². The fourth-order valence-corrected chi connectivity index (χ4v) is 1.44. The zero-order chi connectivity index (χ0) is 10.6. The summed E-state index contributed by atoms with van der Waals surface area (Å²) in [6.07, 6.45) is 7.29. The molecule has 2 nitrogen and oxygen atoms in total. The smallest absolute Gasteiger partial charge is 0.137 e. The molecular formula is C12H16N2. The molecule has 1 aliphatic rings. The second-order valence-electron chi connectivity index (χ2n) is 3.37. The van der Waals surface area contributed by atoms with E-state index in [0.29, 0.717) is 5.92 Å². The maximum atomic E-state index is 4.21. The SMILES string of the molecule is C=CNC1=NC=C/C1=C(/C=C)C(C)C. The van der Waals surface area contributed by atoms with Crippen molar-refractivity contribution in [3.8, 4) is 0 Å². The summed E-state index contributed by atoms with van der Waals surface area (Å²) >= 11 is 0. The van der Waals surface area contributed by atoms with E-state index in [4.69, 9.17) is 0 Å². The first-order chi connectivity index (χ1) is 6.70. The van der Waals surface area contributed by atoms with Gasteiger partial charge in [-0.3, -0.25) is 0 Å². The van der Waals surface area contributed by atoms with Crippen molar-refractivity contribution in [2.24, 2.45) is 10.9 Å². The van der Waals surface area contributed by atoms with Crippen LogP contribution in [0.1, 0.15) is 13.8 Å². The molecule has 0 amide bonds. The quantitative estimate of drug-likeness (QED) is 0.723. The lowest BCUT2D eigenvalue weighted by molar-refractivity contribution is 0.788. The van der Waals surface area contributed by atoms with Crippen molar-refractivity contribution in [2.75, 3.05) is 0 Å². The van der Waals surface area contributed by atoms with Crippen LogP contribution >= 0.6 is 0 Å². The molecule has 74 valence electrons. The topological polar surface area (TPSA) is 24.4 Å². The van der Waals surface area contributed by atoms with Crippen LogP contribution in [0.3, 0.4) is 0 Å². The van der Waals surface area contributed by atoms with Crippen LogP contribution in [0.2, 0.25) is 0 Å². The Morgan fingerprint density at radius 3 is 2.71 bits per heavy atom. The van der Waals surface area contributed by atoms with Gasteiger partial charge in [0.15, 0.2) is 0 Å². The van der Waals surface area contributed by atoms with E-state index in [2.05, 4.69) is 37.3 Å². The summed E-state index contributed by atoms with van der Waals surface area (Å²) in [5.74, 6) is 1.30. The van der Waals surface area contributed by atoms with Gasteiger partial charge < -0.3 is 5.32 Å². The molecule has 0 aliphatic carbocycles. The summed E-state index contributed by atoms with van der Waals surface area (Å²) in [6.45, 7) is 11.7. The van der Waals surface area contributed by atoms with Gasteiger partial charge in [-0.05, 0) is 23.8 Å². The van der Waals surface area contributed by atoms with Crippen molar-refractivity contribution in [3.63, 3.8) is 0 Å². The predicted octanol–water partition coefficient (Wildman–Crippen LogP) is 2.78. The van der Waals surface area contributed by atoms with Gasteiger partial charge in [-0.1, -0.05) is 33.1 Å². The molecule has 0 bridgehead atoms. The Kier molecular flexibility index (Phi) is 3.46. The van der Waals surface area contributed by atoms with Crippen LogP contribution in [0.25, 0.3) is 0 Å². The standard InChI is InChI=1S/C12H16N2/c1-5-10(9(3)4)11-7-8-14-12(11)13-6-2/h5-9H,1-2H2,3-4H3,(H,13,14)/b11-10+. The van der Waals surface area contributed by atoms with E-state index < -0.39 is 0 Å². The molecule has 0 aromatic carbocycles. The van der Waals surface area contributed by atoms with Crippen molar-refractivity contribution < 1.29 is 0 Å². The first-order valence-electron chi connectivity index (χ1n) is 4.69. The maximum Gasteiger partial charge on any atom is 0.137 e. The summed E-state index contributed by atoms with van der Waals surface area (Å²) in [7, 11) is 0. The van der Waals surface area contributed by atoms with Crippen LogP contribution in [-0.4, -0.2) is 5.84 Å². The predicted molar refractivity (Wildman–Crippen MR) is 62.0 cm³/mol. The van der Waals surface area contributed by atoms with Crippen LogP contribution in [0, 0.1) is 5.92 Å². The average Bonchev–Trinajstić information content (AvgIpc) is 2.55. The lowest BCUT2D eigenvalue weighted by atomic mass is 9.97. The second kappa shape index (κ2) is 4.61. The number of hydrogen-bond acceptors (Lipinski definition) is 2. The fraction of sp³-hybridized carbons (Fsp3) is 0.250. The Morgan fingerprint density at radius 1 is 1.50 bits per heavy atom. The minimum Gasteiger partial charge on any atom is -0.347 e. The monoisotopic (exact) mass is 188 g/mol. The normalized spacial score (nSPS) is 18.1. The molecule has 1 heterocycles. The third-order valence-corrected chi connectivity index (χ3v) is 2.09. The van der Waals surface area contributed by atoms with Crippen molar-refractivity contribution in [3.05, 3.63) is 48.9 Å². The molecule has 0 fully saturated rings. The Morgan fingerprint density at radius 2 is 2.21 bits per heavy atom. The molecule has 0 radical (unpaired) electrons. The molecule has 0 saturated carbocycles. The summed E-state index contributed by atoms with van der Waals surface area (Å²) in [6, 6.07) is 0. The van der Waals surface area contributed by atoms with Crippen molar-refractivity contribution in [1.29, 1.82) is 0 Å². The number of amidine groups is 1. The Balaban J connectivity index is 3.05. The summed E-state index contributed by atoms with van der Waals surface area (Å²) < 4.78 is 0. The number of nitrogens with one attached hydrogen (secondary N) is 1. The molecular weight excluding hydrogens is 172 g/mol. The van der Waals surface area contributed by atoms with Gasteiger partial charge in [0.05, 0.1) is 0 Å². The Bertz CT molecular complexity index is 330. The average molecular weight is 188 g/mol. The summed E-state index contributed by atoms with van der Waals surface area (Å²) in [4.78, 5) is 4.21. The van der Waals surface area contributed by atoms with Crippen molar-refractivity contribution >= 4 is 5.84 Å². The van der Waals surface area contributed by atoms with Gasteiger partial charge in [0, 0.05) is 11.8 Å².